The molecule has 3 atom stereocenters. The maximum Gasteiger partial charge on any atom is 0.410 e. The van der Waals surface area contributed by atoms with Crippen LogP contribution in [0.3, 0.4) is 0 Å². The van der Waals surface area contributed by atoms with E-state index in [1.165, 1.54) is 4.52 Å². The van der Waals surface area contributed by atoms with E-state index >= 15 is 0 Å². The van der Waals surface area contributed by atoms with Gasteiger partial charge in [-0.15, -0.1) is 7.77 Å². The van der Waals surface area contributed by atoms with Crippen molar-refractivity contribution < 1.29 is 17.3 Å². The molecule has 1 aliphatic rings. The molecule has 0 N–H and O–H groups in total. The zero-order valence-corrected chi connectivity index (χ0v) is 23.6. The van der Waals surface area contributed by atoms with Gasteiger partial charge in [-0.2, -0.15) is 13.3 Å². The highest BCUT2D eigenvalue weighted by atomic mass is 35.5. The van der Waals surface area contributed by atoms with Crippen LogP contribution in [0.5, 0.6) is 0 Å². The van der Waals surface area contributed by atoms with E-state index in [-0.39, 0.29) is 54.6 Å². The van der Waals surface area contributed by atoms with Crippen molar-refractivity contribution in [3.8, 4) is 11.1 Å². The maximum absolute atomic E-state index is 13.7. The van der Waals surface area contributed by atoms with Crippen LogP contribution in [0.25, 0.3) is 16.8 Å². The topological polar surface area (TPSA) is 75.9 Å². The second-order valence-corrected chi connectivity index (χ2v) is 11.8. The maximum atomic E-state index is 13.7. The smallest absolute Gasteiger partial charge is 0.410 e. The van der Waals surface area contributed by atoms with Crippen LogP contribution in [0.15, 0.2) is 30.6 Å². The van der Waals surface area contributed by atoms with E-state index in [9.17, 15) is 12.6 Å². The highest BCUT2D eigenvalue weighted by molar-refractivity contribution is 8.13. The van der Waals surface area contributed by atoms with Gasteiger partial charge in [-0.3, -0.25) is 0 Å². The number of rotatable bonds is 7. The molecule has 1 fully saturated rings. The summed E-state index contributed by atoms with van der Waals surface area (Å²) >= 11 is 5.43. The number of amides is 1. The number of carbonyl (C=O) groups excluding carboxylic acids is 1. The van der Waals surface area contributed by atoms with E-state index in [4.69, 9.17) is 21.3 Å². The molecule has 3 unspecified atom stereocenters. The Kier molecular flexibility index (Phi) is 8.39. The first-order valence-corrected chi connectivity index (χ1v) is 13.6. The monoisotopic (exact) mass is 570 g/mol. The Morgan fingerprint density at radius 3 is 2.62 bits per heavy atom. The van der Waals surface area contributed by atoms with Gasteiger partial charge in [0.05, 0.1) is 6.20 Å². The predicted octanol–water partition coefficient (Wildman–Crippen LogP) is 7.60. The molecule has 4 heterocycles. The zero-order valence-electron chi connectivity index (χ0n) is 21.2. The number of carbonyl (C=O) groups is 1. The summed E-state index contributed by atoms with van der Waals surface area (Å²) in [5, 5.41) is 4.68. The summed E-state index contributed by atoms with van der Waals surface area (Å²) in [6, 6.07) is 5.07. The number of hydrogen-bond acceptors (Lipinski definition) is 8. The Labute approximate surface area is 229 Å². The second kappa shape index (κ2) is 11.2. The molecule has 8 nitrogen and oxygen atoms in total. The fourth-order valence-corrected chi connectivity index (χ4v) is 5.24. The van der Waals surface area contributed by atoms with Crippen molar-refractivity contribution in [3.63, 3.8) is 0 Å². The van der Waals surface area contributed by atoms with Gasteiger partial charge in [0, 0.05) is 47.1 Å². The molecule has 1 saturated heterocycles. The molecule has 0 saturated carbocycles. The third-order valence-corrected chi connectivity index (χ3v) is 7.53. The fourth-order valence-electron chi connectivity index (χ4n) is 4.64. The SMILES string of the molecule is CC(CC1CCC(C)N1C(=O)OC(C)(C)C)c1cc(N(SF)SF)n2ncc(-c3ccc(Cl)nc3)c2n1. The third kappa shape index (κ3) is 6.06. The van der Waals surface area contributed by atoms with Crippen molar-refractivity contribution in [3.05, 3.63) is 41.4 Å². The molecule has 0 aromatic carbocycles. The van der Waals surface area contributed by atoms with Crippen LogP contribution in [0, 0.1) is 0 Å². The number of fused-ring (bicyclic) bond motifs is 1. The number of hydrogen-bond donors (Lipinski definition) is 0. The minimum Gasteiger partial charge on any atom is -0.444 e. The number of anilines is 1. The van der Waals surface area contributed by atoms with Gasteiger partial charge < -0.3 is 9.64 Å². The normalized spacial score (nSPS) is 18.9. The van der Waals surface area contributed by atoms with E-state index in [0.717, 1.165) is 22.1 Å². The third-order valence-electron chi connectivity index (χ3n) is 6.34. The number of likely N-dealkylation sites (tertiary alicyclic amines) is 1. The van der Waals surface area contributed by atoms with Gasteiger partial charge in [0.15, 0.2) is 36.1 Å². The van der Waals surface area contributed by atoms with Crippen molar-refractivity contribution in [2.24, 2.45) is 0 Å². The summed E-state index contributed by atoms with van der Waals surface area (Å²) in [4.78, 5) is 23.7. The van der Waals surface area contributed by atoms with E-state index < -0.39 is 5.60 Å². The molecule has 0 spiro atoms. The summed E-state index contributed by atoms with van der Waals surface area (Å²) in [5.74, 6) is 0.0509. The lowest BCUT2D eigenvalue weighted by molar-refractivity contribution is 0.0149. The number of halogens is 3. The number of aromatic nitrogens is 4. The number of pyridine rings is 1. The number of nitrogens with zero attached hydrogens (tertiary/aromatic N) is 6. The molecule has 37 heavy (non-hydrogen) atoms. The van der Waals surface area contributed by atoms with Crippen LogP contribution in [0.1, 0.15) is 65.5 Å². The van der Waals surface area contributed by atoms with Crippen LogP contribution in [-0.2, 0) is 4.74 Å². The highest BCUT2D eigenvalue weighted by Gasteiger charge is 2.38. The molecule has 0 bridgehead atoms. The Morgan fingerprint density at radius 2 is 2.00 bits per heavy atom. The van der Waals surface area contributed by atoms with Gasteiger partial charge in [0.2, 0.25) is 0 Å². The quantitative estimate of drug-likeness (QED) is 0.212. The molecule has 3 aromatic rings. The Bertz CT molecular complexity index is 1250. The Hall–Kier alpha value is -2.31. The molecular formula is C24H29ClF2N6O2S2. The molecule has 0 aliphatic carbocycles. The lowest BCUT2D eigenvalue weighted by atomic mass is 9.96. The van der Waals surface area contributed by atoms with Crippen molar-refractivity contribution >= 4 is 53.8 Å². The molecule has 4 rings (SSSR count). The molecule has 1 amide bonds. The van der Waals surface area contributed by atoms with E-state index in [1.807, 2.05) is 39.5 Å². The summed E-state index contributed by atoms with van der Waals surface area (Å²) < 4.78 is 35.2. The van der Waals surface area contributed by atoms with Crippen molar-refractivity contribution in [2.45, 2.75) is 77.5 Å². The first-order valence-electron chi connectivity index (χ1n) is 11.9. The minimum absolute atomic E-state index is 0.0478. The van der Waals surface area contributed by atoms with E-state index in [0.29, 0.717) is 28.5 Å². The van der Waals surface area contributed by atoms with Gasteiger partial charge in [-0.25, -0.2) is 14.8 Å². The van der Waals surface area contributed by atoms with Crippen LogP contribution in [0.2, 0.25) is 5.15 Å². The van der Waals surface area contributed by atoms with Crippen LogP contribution in [-0.4, -0.2) is 48.3 Å². The summed E-state index contributed by atoms with van der Waals surface area (Å²) in [5.41, 5.74) is 1.83. The number of ether oxygens (including phenoxy) is 1. The molecule has 200 valence electrons. The molecule has 1 aliphatic heterocycles. The van der Waals surface area contributed by atoms with Crippen LogP contribution in [0.4, 0.5) is 18.4 Å². The van der Waals surface area contributed by atoms with Gasteiger partial charge in [-0.05, 0) is 59.1 Å². The standard InChI is InChI=1S/C24H29ClF2N6O2S2/c1-14(10-17-8-6-15(2)31(17)23(34)35-24(3,4)5)19-11-21(33(36-26)37-27)32-22(30-19)18(13-29-32)16-7-9-20(25)28-12-16/h7,9,11-15,17H,6,8,10H2,1-5H3. The highest BCUT2D eigenvalue weighted by Crippen LogP contribution is 2.38. The fraction of sp³-hybridized carbons (Fsp3) is 0.500. The van der Waals surface area contributed by atoms with Gasteiger partial charge >= 0.3 is 6.09 Å². The van der Waals surface area contributed by atoms with Gasteiger partial charge in [0.25, 0.3) is 0 Å². The van der Waals surface area contributed by atoms with Crippen molar-refractivity contribution in [1.29, 1.82) is 0 Å². The van der Waals surface area contributed by atoms with E-state index in [2.05, 4.69) is 10.1 Å². The molecular weight excluding hydrogens is 542 g/mol. The average Bonchev–Trinajstić information content (AvgIpc) is 3.42. The Balaban J connectivity index is 1.70. The lowest BCUT2D eigenvalue weighted by Crippen LogP contribution is -2.43. The Morgan fingerprint density at radius 1 is 1.27 bits per heavy atom. The first-order chi connectivity index (χ1) is 17.5. The van der Waals surface area contributed by atoms with Crippen molar-refractivity contribution in [2.75, 3.05) is 3.71 Å². The van der Waals surface area contributed by atoms with Gasteiger partial charge in [0.1, 0.15) is 10.8 Å². The zero-order chi connectivity index (χ0) is 26.9. The molecule has 3 aromatic heterocycles. The molecule has 0 radical (unpaired) electrons. The first kappa shape index (κ1) is 27.7. The predicted molar refractivity (Wildman–Crippen MR) is 145 cm³/mol. The lowest BCUT2D eigenvalue weighted by Gasteiger charge is -2.32. The largest absolute Gasteiger partial charge is 0.444 e. The second-order valence-electron chi connectivity index (χ2n) is 10.2. The van der Waals surface area contributed by atoms with Crippen molar-refractivity contribution in [1.82, 2.24) is 24.5 Å². The summed E-state index contributed by atoms with van der Waals surface area (Å²) in [6.07, 6.45) is 5.17. The average molecular weight is 571 g/mol. The van der Waals surface area contributed by atoms with Gasteiger partial charge in [-0.1, -0.05) is 18.5 Å². The van der Waals surface area contributed by atoms with Crippen LogP contribution < -0.4 is 3.71 Å². The minimum atomic E-state index is -0.594. The molecule has 13 heteroatoms. The van der Waals surface area contributed by atoms with Crippen LogP contribution >= 0.6 is 36.3 Å². The summed E-state index contributed by atoms with van der Waals surface area (Å²) in [7, 11) is 0. The summed E-state index contributed by atoms with van der Waals surface area (Å²) in [6.45, 7) is 9.56. The van der Waals surface area contributed by atoms with E-state index in [1.54, 1.807) is 30.6 Å².